The Morgan fingerprint density at radius 2 is 2.00 bits per heavy atom. The van der Waals surface area contributed by atoms with Crippen LogP contribution < -0.4 is 11.1 Å². The molecule has 0 saturated carbocycles. The minimum absolute atomic E-state index is 0.0363. The molecule has 1 unspecified atom stereocenters. The van der Waals surface area contributed by atoms with E-state index in [1.165, 1.54) is 12.1 Å². The van der Waals surface area contributed by atoms with E-state index in [2.05, 4.69) is 12.2 Å². The first-order chi connectivity index (χ1) is 10.2. The van der Waals surface area contributed by atoms with Crippen LogP contribution in [0, 0.1) is 5.41 Å². The Labute approximate surface area is 127 Å². The van der Waals surface area contributed by atoms with Crippen molar-refractivity contribution in [2.75, 3.05) is 31.5 Å². The number of likely N-dealkylation sites (tertiary alicyclic amines) is 1. The van der Waals surface area contributed by atoms with Gasteiger partial charge in [0.05, 0.1) is 12.1 Å². The summed E-state index contributed by atoms with van der Waals surface area (Å²) in [6.45, 7) is 4.43. The van der Waals surface area contributed by atoms with Gasteiger partial charge in [0.25, 0.3) is 0 Å². The smallest absolute Gasteiger partial charge is 0.330 e. The Balaban J connectivity index is 1.88. The summed E-state index contributed by atoms with van der Waals surface area (Å²) in [4.78, 5) is 13.9. The van der Waals surface area contributed by atoms with Gasteiger partial charge < -0.3 is 11.1 Å². The van der Waals surface area contributed by atoms with Gasteiger partial charge in [-0.05, 0) is 49.2 Å². The Hall–Kier alpha value is -1.60. The molecule has 3 N–H and O–H groups in total. The summed E-state index contributed by atoms with van der Waals surface area (Å²) in [5.41, 5.74) is 5.38. The van der Waals surface area contributed by atoms with Crippen molar-refractivity contribution in [3.8, 4) is 0 Å². The fraction of sp³-hybridized carbons (Fsp3) is 0.533. The fourth-order valence-electron chi connectivity index (χ4n) is 2.57. The van der Waals surface area contributed by atoms with Crippen molar-refractivity contribution in [2.24, 2.45) is 11.1 Å². The van der Waals surface area contributed by atoms with E-state index in [1.54, 1.807) is 0 Å². The molecule has 0 aliphatic carbocycles. The molecule has 4 nitrogen and oxygen atoms in total. The van der Waals surface area contributed by atoms with Gasteiger partial charge in [0.15, 0.2) is 0 Å². The van der Waals surface area contributed by atoms with E-state index in [4.69, 9.17) is 5.73 Å². The Morgan fingerprint density at radius 3 is 2.50 bits per heavy atom. The van der Waals surface area contributed by atoms with Crippen molar-refractivity contribution in [2.45, 2.75) is 19.5 Å². The number of halogens is 3. The molecule has 1 fully saturated rings. The minimum Gasteiger partial charge on any atom is -0.330 e. The number of hydrogen-bond donors (Lipinski definition) is 2. The quantitative estimate of drug-likeness (QED) is 0.896. The van der Waals surface area contributed by atoms with Crippen molar-refractivity contribution in [3.05, 3.63) is 29.8 Å². The molecule has 7 heteroatoms. The molecule has 1 atom stereocenters. The van der Waals surface area contributed by atoms with Crippen LogP contribution in [0.25, 0.3) is 0 Å². The van der Waals surface area contributed by atoms with E-state index in [-0.39, 0.29) is 17.9 Å². The molecule has 22 heavy (non-hydrogen) atoms. The van der Waals surface area contributed by atoms with Crippen LogP contribution in [-0.4, -0.2) is 37.0 Å². The number of amides is 1. The second-order valence-electron chi connectivity index (χ2n) is 6.10. The van der Waals surface area contributed by atoms with Crippen molar-refractivity contribution >= 4 is 11.6 Å². The number of nitrogens with zero attached hydrogens (tertiary/aromatic N) is 1. The lowest BCUT2D eigenvalue weighted by atomic mass is 9.90. The van der Waals surface area contributed by atoms with E-state index >= 15 is 0 Å². The molecule has 0 aromatic heterocycles. The summed E-state index contributed by atoms with van der Waals surface area (Å²) in [6.07, 6.45) is -3.43. The Morgan fingerprint density at radius 1 is 1.36 bits per heavy atom. The lowest BCUT2D eigenvalue weighted by Gasteiger charge is -2.22. The average molecular weight is 315 g/mol. The molecule has 1 saturated heterocycles. The highest BCUT2D eigenvalue weighted by Gasteiger charge is 2.33. The first-order valence-corrected chi connectivity index (χ1v) is 7.11. The number of benzene rings is 1. The van der Waals surface area contributed by atoms with Crippen LogP contribution in [0.5, 0.6) is 0 Å². The van der Waals surface area contributed by atoms with Gasteiger partial charge in [-0.3, -0.25) is 9.69 Å². The summed E-state index contributed by atoms with van der Waals surface area (Å²) >= 11 is 0. The highest BCUT2D eigenvalue weighted by molar-refractivity contribution is 5.92. The number of nitrogens with two attached hydrogens (primary N) is 1. The zero-order valence-electron chi connectivity index (χ0n) is 12.4. The second-order valence-corrected chi connectivity index (χ2v) is 6.10. The molecule has 2 rings (SSSR count). The third-order valence-electron chi connectivity index (χ3n) is 3.99. The molecule has 0 bridgehead atoms. The summed E-state index contributed by atoms with van der Waals surface area (Å²) in [5, 5.41) is 2.61. The summed E-state index contributed by atoms with van der Waals surface area (Å²) < 4.78 is 37.4. The van der Waals surface area contributed by atoms with Crippen LogP contribution in [0.4, 0.5) is 18.9 Å². The third kappa shape index (κ3) is 4.20. The van der Waals surface area contributed by atoms with Gasteiger partial charge >= 0.3 is 6.18 Å². The predicted molar refractivity (Wildman–Crippen MR) is 78.3 cm³/mol. The summed E-state index contributed by atoms with van der Waals surface area (Å²) in [6, 6.07) is 4.43. The molecule has 1 heterocycles. The third-order valence-corrected chi connectivity index (χ3v) is 3.99. The van der Waals surface area contributed by atoms with Crippen LogP contribution in [0.3, 0.4) is 0 Å². The van der Waals surface area contributed by atoms with Crippen molar-refractivity contribution in [3.63, 3.8) is 0 Å². The molecule has 122 valence electrons. The van der Waals surface area contributed by atoms with Gasteiger partial charge in [-0.25, -0.2) is 0 Å². The van der Waals surface area contributed by atoms with Crippen LogP contribution in [0.2, 0.25) is 0 Å². The van der Waals surface area contributed by atoms with Crippen molar-refractivity contribution in [1.29, 1.82) is 0 Å². The molecular weight excluding hydrogens is 295 g/mol. The van der Waals surface area contributed by atoms with E-state index in [0.717, 1.165) is 31.6 Å². The van der Waals surface area contributed by atoms with Crippen LogP contribution in [0.1, 0.15) is 18.9 Å². The minimum atomic E-state index is -4.37. The molecule has 0 radical (unpaired) electrons. The first kappa shape index (κ1) is 16.8. The zero-order chi connectivity index (χ0) is 16.4. The second kappa shape index (κ2) is 6.26. The molecule has 0 spiro atoms. The van der Waals surface area contributed by atoms with Gasteiger partial charge in [-0.15, -0.1) is 0 Å². The fourth-order valence-corrected chi connectivity index (χ4v) is 2.57. The molecule has 1 aromatic carbocycles. The molecule has 1 aliphatic heterocycles. The zero-order valence-corrected chi connectivity index (χ0v) is 12.4. The molecule has 1 amide bonds. The number of anilines is 1. The van der Waals surface area contributed by atoms with Gasteiger partial charge in [0, 0.05) is 12.2 Å². The average Bonchev–Trinajstić information content (AvgIpc) is 2.80. The van der Waals surface area contributed by atoms with E-state index < -0.39 is 11.7 Å². The number of nitrogens with one attached hydrogen (secondary N) is 1. The maximum Gasteiger partial charge on any atom is 0.416 e. The normalized spacial score (nSPS) is 22.8. The van der Waals surface area contributed by atoms with Crippen molar-refractivity contribution in [1.82, 2.24) is 4.90 Å². The maximum absolute atomic E-state index is 12.5. The molecule has 1 aromatic rings. The largest absolute Gasteiger partial charge is 0.416 e. The molecule has 1 aliphatic rings. The standard InChI is InChI=1S/C15H20F3N3O/c1-14(9-19)6-7-21(10-14)8-13(22)20-12-4-2-11(3-5-12)15(16,17)18/h2-5H,6-10,19H2,1H3,(H,20,22). The van der Waals surface area contributed by atoms with Gasteiger partial charge in [0.2, 0.25) is 5.91 Å². The van der Waals surface area contributed by atoms with Gasteiger partial charge in [-0.1, -0.05) is 6.92 Å². The predicted octanol–water partition coefficient (Wildman–Crippen LogP) is 2.31. The van der Waals surface area contributed by atoms with Crippen molar-refractivity contribution < 1.29 is 18.0 Å². The van der Waals surface area contributed by atoms with Gasteiger partial charge in [0.1, 0.15) is 0 Å². The first-order valence-electron chi connectivity index (χ1n) is 7.11. The lowest BCUT2D eigenvalue weighted by Crippen LogP contribution is -2.35. The highest BCUT2D eigenvalue weighted by Crippen LogP contribution is 2.30. The van der Waals surface area contributed by atoms with Crippen LogP contribution in [0.15, 0.2) is 24.3 Å². The van der Waals surface area contributed by atoms with E-state index in [0.29, 0.717) is 12.2 Å². The Bertz CT molecular complexity index is 530. The summed E-state index contributed by atoms with van der Waals surface area (Å²) in [7, 11) is 0. The lowest BCUT2D eigenvalue weighted by molar-refractivity contribution is -0.137. The maximum atomic E-state index is 12.5. The SMILES string of the molecule is CC1(CN)CCN(CC(=O)Nc2ccc(C(F)(F)F)cc2)C1. The monoisotopic (exact) mass is 315 g/mol. The van der Waals surface area contributed by atoms with Gasteiger partial charge in [-0.2, -0.15) is 13.2 Å². The number of hydrogen-bond acceptors (Lipinski definition) is 3. The molecular formula is C15H20F3N3O. The number of alkyl halides is 3. The number of carbonyl (C=O) groups excluding carboxylic acids is 1. The summed E-state index contributed by atoms with van der Waals surface area (Å²) in [5.74, 6) is -0.235. The number of carbonyl (C=O) groups is 1. The highest BCUT2D eigenvalue weighted by atomic mass is 19.4. The van der Waals surface area contributed by atoms with Crippen LogP contribution >= 0.6 is 0 Å². The van der Waals surface area contributed by atoms with Crippen LogP contribution in [-0.2, 0) is 11.0 Å². The van der Waals surface area contributed by atoms with E-state index in [9.17, 15) is 18.0 Å². The Kier molecular flexibility index (Phi) is 4.77. The van der Waals surface area contributed by atoms with E-state index in [1.807, 2.05) is 4.90 Å². The topological polar surface area (TPSA) is 58.4 Å². The number of rotatable bonds is 4.